The second kappa shape index (κ2) is 15.9. The average molecular weight is 834 g/mol. The van der Waals surface area contributed by atoms with Crippen molar-refractivity contribution in [2.45, 2.75) is 52.5 Å². The van der Waals surface area contributed by atoms with Crippen molar-refractivity contribution in [2.75, 3.05) is 6.54 Å². The molecule has 0 bridgehead atoms. The molecular weight excluding hydrogens is 792 g/mol. The van der Waals surface area contributed by atoms with Crippen molar-refractivity contribution in [3.8, 4) is 39.2 Å². The summed E-state index contributed by atoms with van der Waals surface area (Å²) in [6, 6.07) is 50.3. The summed E-state index contributed by atoms with van der Waals surface area (Å²) in [6.07, 6.45) is 0.713. The number of nitrogens with zero attached hydrogens (tertiary/aromatic N) is 4. The van der Waals surface area contributed by atoms with Crippen molar-refractivity contribution in [1.82, 2.24) is 14.5 Å². The number of hydrogen-bond donors (Lipinski definition) is 0. The van der Waals surface area contributed by atoms with Gasteiger partial charge in [-0.25, -0.2) is 4.98 Å². The predicted octanol–water partition coefficient (Wildman–Crippen LogP) is 11.6. The van der Waals surface area contributed by atoms with Gasteiger partial charge in [0, 0.05) is 11.3 Å². The van der Waals surface area contributed by atoms with Crippen LogP contribution in [0, 0.1) is 6.07 Å². The van der Waals surface area contributed by atoms with Gasteiger partial charge in [0.1, 0.15) is 5.82 Å². The normalized spacial score (nSPS) is 11.3. The molecule has 0 atom stereocenters. The van der Waals surface area contributed by atoms with Crippen LogP contribution in [0.15, 0.2) is 133 Å². The van der Waals surface area contributed by atoms with E-state index in [0.29, 0.717) is 31.3 Å². The third-order valence-corrected chi connectivity index (χ3v) is 9.15. The number of imidazole rings is 1. The van der Waals surface area contributed by atoms with Crippen LogP contribution in [0.3, 0.4) is 0 Å². The number of pyridine rings is 1. The Morgan fingerprint density at radius 3 is 2.12 bits per heavy atom. The van der Waals surface area contributed by atoms with Crippen LogP contribution in [0.25, 0.3) is 55.5 Å². The van der Waals surface area contributed by atoms with E-state index in [9.17, 15) is 0 Å². The molecule has 7 aromatic rings. The van der Waals surface area contributed by atoms with Gasteiger partial charge in [-0.15, -0.1) is 49.0 Å². The molecule has 0 aliphatic heterocycles. The van der Waals surface area contributed by atoms with Crippen molar-refractivity contribution in [2.24, 2.45) is 0 Å². The number of benzene rings is 5. The van der Waals surface area contributed by atoms with E-state index in [1.165, 1.54) is 33.4 Å². The molecule has 0 N–H and O–H groups in total. The molecule has 4 nitrogen and oxygen atoms in total. The van der Waals surface area contributed by atoms with Crippen LogP contribution in [0.2, 0.25) is 0 Å². The molecule has 50 heavy (non-hydrogen) atoms. The summed E-state index contributed by atoms with van der Waals surface area (Å²) in [5.74, 6) is 1.79. The van der Waals surface area contributed by atoms with E-state index in [4.69, 9.17) is 15.3 Å². The van der Waals surface area contributed by atoms with Crippen molar-refractivity contribution >= 4 is 11.0 Å². The second-order valence-electron chi connectivity index (χ2n) is 13.2. The van der Waals surface area contributed by atoms with Gasteiger partial charge in [0.2, 0.25) is 0 Å². The first-order chi connectivity index (χ1) is 24.0. The molecule has 2 aromatic heterocycles. The van der Waals surface area contributed by atoms with Crippen LogP contribution in [0.4, 0.5) is 0 Å². The Morgan fingerprint density at radius 2 is 1.38 bits per heavy atom. The number of para-hydroxylation sites is 3. The molecule has 2 heterocycles. The number of hydrogen-bond acceptors (Lipinski definition) is 2. The molecule has 5 heteroatoms. The van der Waals surface area contributed by atoms with Gasteiger partial charge in [-0.05, 0) is 76.0 Å². The molecule has 5 aromatic carbocycles. The zero-order valence-corrected chi connectivity index (χ0v) is 31.4. The summed E-state index contributed by atoms with van der Waals surface area (Å²) in [6.45, 7) is 10.3. The van der Waals surface area contributed by atoms with Crippen LogP contribution in [-0.2, 0) is 34.0 Å². The molecular formula is C45H42N4Pt. The molecule has 0 amide bonds. The van der Waals surface area contributed by atoms with Gasteiger partial charge in [-0.1, -0.05) is 113 Å². The first-order valence-electron chi connectivity index (χ1n) is 17.3. The van der Waals surface area contributed by atoms with Crippen molar-refractivity contribution < 1.29 is 21.1 Å². The monoisotopic (exact) mass is 833 g/mol. The van der Waals surface area contributed by atoms with E-state index in [2.05, 4.69) is 154 Å². The van der Waals surface area contributed by atoms with E-state index in [1.807, 2.05) is 18.2 Å². The van der Waals surface area contributed by atoms with Gasteiger partial charge in [-0.2, -0.15) is 0 Å². The summed E-state index contributed by atoms with van der Waals surface area (Å²) >= 11 is 0. The molecule has 0 spiro atoms. The molecule has 0 saturated heterocycles. The fourth-order valence-corrected chi connectivity index (χ4v) is 6.80. The maximum Gasteiger partial charge on any atom is 2.00 e. The van der Waals surface area contributed by atoms with Crippen molar-refractivity contribution in [1.29, 1.82) is 0 Å². The smallest absolute Gasteiger partial charge is 0.657 e. The Balaban J connectivity index is 0.00000432. The van der Waals surface area contributed by atoms with E-state index >= 15 is 0 Å². The quantitative estimate of drug-likeness (QED) is 0.0963. The molecule has 0 fully saturated rings. The van der Waals surface area contributed by atoms with Gasteiger partial charge >= 0.3 is 21.1 Å². The molecule has 0 radical (unpaired) electrons. The Bertz CT molecular complexity index is 2160. The zero-order chi connectivity index (χ0) is 33.7. The maximum absolute atomic E-state index is 5.12. The molecule has 252 valence electrons. The molecule has 0 aliphatic rings. The van der Waals surface area contributed by atoms with E-state index in [0.717, 1.165) is 39.5 Å². The topological polar surface area (TPSA) is 44.8 Å². The first-order valence-corrected chi connectivity index (χ1v) is 17.3. The second-order valence-corrected chi connectivity index (χ2v) is 13.2. The van der Waals surface area contributed by atoms with Gasteiger partial charge in [0.05, 0.1) is 16.7 Å². The van der Waals surface area contributed by atoms with Crippen LogP contribution in [0.5, 0.6) is 0 Å². The van der Waals surface area contributed by atoms with Gasteiger partial charge in [0.25, 0.3) is 0 Å². The maximum atomic E-state index is 5.12. The minimum atomic E-state index is 0. The summed E-state index contributed by atoms with van der Waals surface area (Å²) in [5.41, 5.74) is 13.7. The van der Waals surface area contributed by atoms with Crippen molar-refractivity contribution in [3.05, 3.63) is 167 Å². The number of rotatable bonds is 11. The Labute approximate surface area is 310 Å². The standard InChI is InChI=1S/C45H42N4.Pt/c1-31(2)37-21-15-22-38(32(3)4)45(37)35-28-36(47-41(29-35)34-18-9-6-10-19-34)30-46-27-26-44-48-40-23-12-14-25-43(40)49(44)42-24-13-11-20-39(42)33-16-7-5-8-17-33;/h5-18,20-25,28-29,31-32H,26-27,30H2,1-4H3;/q-2;+2. The van der Waals surface area contributed by atoms with Gasteiger partial charge < -0.3 is 10.3 Å². The van der Waals surface area contributed by atoms with E-state index in [1.54, 1.807) is 0 Å². The third-order valence-electron chi connectivity index (χ3n) is 9.15. The predicted molar refractivity (Wildman–Crippen MR) is 204 cm³/mol. The third kappa shape index (κ3) is 7.43. The first kappa shape index (κ1) is 35.2. The SMILES string of the molecule is CC(C)c1cccc(C(C)C)c1-c1cc(C[N-]CCc2nc3ccccc3n2-c2ccccc2-c2ccccc2)nc(-c2[c-]cccc2)c1.[Pt+2]. The van der Waals surface area contributed by atoms with Crippen LogP contribution < -0.4 is 0 Å². The van der Waals surface area contributed by atoms with Crippen LogP contribution in [-0.4, -0.2) is 21.1 Å². The molecule has 0 aliphatic carbocycles. The Morgan fingerprint density at radius 1 is 0.680 bits per heavy atom. The molecule has 7 rings (SSSR count). The van der Waals surface area contributed by atoms with Crippen LogP contribution in [0.1, 0.15) is 62.2 Å². The Kier molecular flexibility index (Phi) is 11.2. The summed E-state index contributed by atoms with van der Waals surface area (Å²) < 4.78 is 2.31. The summed E-state index contributed by atoms with van der Waals surface area (Å²) in [5, 5.41) is 5.08. The Hall–Kier alpha value is -4.63. The van der Waals surface area contributed by atoms with Gasteiger partial charge in [0.15, 0.2) is 0 Å². The summed E-state index contributed by atoms with van der Waals surface area (Å²) in [4.78, 5) is 10.2. The van der Waals surface area contributed by atoms with Gasteiger partial charge in [-0.3, -0.25) is 4.57 Å². The van der Waals surface area contributed by atoms with Crippen LogP contribution >= 0.6 is 0 Å². The van der Waals surface area contributed by atoms with E-state index < -0.39 is 0 Å². The number of fused-ring (bicyclic) bond motifs is 1. The minimum Gasteiger partial charge on any atom is -0.657 e. The molecule has 0 saturated carbocycles. The van der Waals surface area contributed by atoms with Crippen molar-refractivity contribution in [3.63, 3.8) is 0 Å². The molecule has 0 unspecified atom stereocenters. The van der Waals surface area contributed by atoms with E-state index in [-0.39, 0.29) is 21.1 Å². The fraction of sp³-hybridized carbons (Fsp3) is 0.200. The summed E-state index contributed by atoms with van der Waals surface area (Å²) in [7, 11) is 0. The average Bonchev–Trinajstić information content (AvgIpc) is 3.51. The fourth-order valence-electron chi connectivity index (χ4n) is 6.80. The largest absolute Gasteiger partial charge is 2.00 e. The number of aromatic nitrogens is 3. The minimum absolute atomic E-state index is 0. The zero-order valence-electron chi connectivity index (χ0n) is 29.1.